The van der Waals surface area contributed by atoms with E-state index in [2.05, 4.69) is 45.6 Å². The molecule has 1 fully saturated rings. The van der Waals surface area contributed by atoms with Crippen LogP contribution in [0.25, 0.3) is 16.9 Å². The molecule has 5 rings (SSSR count). The highest BCUT2D eigenvalue weighted by atomic mass is 35.5. The lowest BCUT2D eigenvalue weighted by atomic mass is 10.2. The first kappa shape index (κ1) is 23.7. The lowest BCUT2D eigenvalue weighted by Crippen LogP contribution is -2.48. The third-order valence-electron chi connectivity index (χ3n) is 6.22. The number of imidazole rings is 1. The molecule has 3 heterocycles. The van der Waals surface area contributed by atoms with Crippen LogP contribution in [0.1, 0.15) is 11.4 Å². The number of ether oxygens (including phenoxy) is 1. The van der Waals surface area contributed by atoms with E-state index in [9.17, 15) is 8.42 Å². The molecule has 0 spiro atoms. The van der Waals surface area contributed by atoms with E-state index in [1.165, 1.54) is 29.1 Å². The van der Waals surface area contributed by atoms with E-state index >= 15 is 0 Å². The molecule has 1 saturated heterocycles. The second kappa shape index (κ2) is 9.58. The molecule has 0 saturated carbocycles. The Morgan fingerprint density at radius 2 is 1.77 bits per heavy atom. The smallest absolute Gasteiger partial charge is 0.246 e. The van der Waals surface area contributed by atoms with Gasteiger partial charge in [-0.2, -0.15) is 4.31 Å². The molecule has 0 aliphatic carbocycles. The topological polar surface area (TPSA) is 80.6 Å². The van der Waals surface area contributed by atoms with Crippen LogP contribution in [0.3, 0.4) is 0 Å². The van der Waals surface area contributed by atoms with Gasteiger partial charge in [-0.1, -0.05) is 29.3 Å². The number of aryl methyl sites for hydroxylation is 1. The van der Waals surface area contributed by atoms with Gasteiger partial charge in [0.25, 0.3) is 0 Å². The molecule has 0 amide bonds. The van der Waals surface area contributed by atoms with Gasteiger partial charge in [0.2, 0.25) is 10.0 Å². The molecule has 0 N–H and O–H groups in total. The Hall–Kier alpha value is -2.98. The molecular weight excluding hydrogens is 486 g/mol. The van der Waals surface area contributed by atoms with Crippen molar-refractivity contribution < 1.29 is 13.2 Å². The number of sulfonamides is 1. The molecule has 182 valence electrons. The molecule has 1 aliphatic rings. The van der Waals surface area contributed by atoms with E-state index in [0.717, 1.165) is 22.7 Å². The van der Waals surface area contributed by atoms with Crippen LogP contribution in [0.5, 0.6) is 5.75 Å². The van der Waals surface area contributed by atoms with Crippen LogP contribution in [0.15, 0.2) is 65.7 Å². The van der Waals surface area contributed by atoms with Crippen LogP contribution in [0.2, 0.25) is 5.02 Å². The molecule has 0 unspecified atom stereocenters. The van der Waals surface area contributed by atoms with Crippen LogP contribution in [0, 0.1) is 6.92 Å². The van der Waals surface area contributed by atoms with Gasteiger partial charge in [-0.3, -0.25) is 9.47 Å². The van der Waals surface area contributed by atoms with Gasteiger partial charge in [0, 0.05) is 49.2 Å². The Labute approximate surface area is 209 Å². The summed E-state index contributed by atoms with van der Waals surface area (Å²) in [5, 5.41) is 0.427. The van der Waals surface area contributed by atoms with E-state index in [1.807, 2.05) is 12.1 Å². The van der Waals surface area contributed by atoms with Gasteiger partial charge in [0.1, 0.15) is 22.0 Å². The van der Waals surface area contributed by atoms with E-state index in [1.54, 1.807) is 12.3 Å². The van der Waals surface area contributed by atoms with E-state index < -0.39 is 10.0 Å². The maximum Gasteiger partial charge on any atom is 0.246 e. The van der Waals surface area contributed by atoms with Gasteiger partial charge in [-0.05, 0) is 43.3 Å². The number of benzene rings is 2. The number of halogens is 1. The standard InChI is InChI=1S/C25H26ClN5O3S/c1-18-5-8-20(9-6-18)31-24(28-21-4-3-11-27-25(21)31)17-29-12-14-30(15-13-29)35(32,33)23-10-7-19(26)16-22(23)34-2/h3-11,16H,12-15,17H2,1-2H3. The van der Waals surface area contributed by atoms with Crippen molar-refractivity contribution in [2.45, 2.75) is 18.4 Å². The summed E-state index contributed by atoms with van der Waals surface area (Å²) < 4.78 is 35.4. The van der Waals surface area contributed by atoms with Crippen molar-refractivity contribution in [3.63, 3.8) is 0 Å². The minimum absolute atomic E-state index is 0.130. The Kier molecular flexibility index (Phi) is 6.50. The fraction of sp³-hybridized carbons (Fsp3) is 0.280. The summed E-state index contributed by atoms with van der Waals surface area (Å²) >= 11 is 6.01. The monoisotopic (exact) mass is 511 g/mol. The summed E-state index contributed by atoms with van der Waals surface area (Å²) in [4.78, 5) is 11.8. The average Bonchev–Trinajstić information content (AvgIpc) is 3.22. The zero-order valence-electron chi connectivity index (χ0n) is 19.6. The van der Waals surface area contributed by atoms with Gasteiger partial charge in [0.15, 0.2) is 5.65 Å². The Balaban J connectivity index is 1.36. The van der Waals surface area contributed by atoms with Crippen molar-refractivity contribution in [1.29, 1.82) is 0 Å². The zero-order valence-corrected chi connectivity index (χ0v) is 21.1. The number of hydrogen-bond donors (Lipinski definition) is 0. The first-order chi connectivity index (χ1) is 16.9. The SMILES string of the molecule is COc1cc(Cl)ccc1S(=O)(=O)N1CCN(Cc2nc3cccnc3n2-c2ccc(C)cc2)CC1. The molecule has 0 radical (unpaired) electrons. The lowest BCUT2D eigenvalue weighted by molar-refractivity contribution is 0.177. The minimum atomic E-state index is -3.70. The Morgan fingerprint density at radius 3 is 2.49 bits per heavy atom. The molecule has 4 aromatic rings. The van der Waals surface area contributed by atoms with Crippen molar-refractivity contribution in [2.24, 2.45) is 0 Å². The first-order valence-electron chi connectivity index (χ1n) is 11.3. The number of methoxy groups -OCH3 is 1. The Bertz CT molecular complexity index is 1460. The predicted molar refractivity (Wildman–Crippen MR) is 136 cm³/mol. The predicted octanol–water partition coefficient (Wildman–Crippen LogP) is 3.90. The van der Waals surface area contributed by atoms with Gasteiger partial charge < -0.3 is 4.74 Å². The Morgan fingerprint density at radius 1 is 1.03 bits per heavy atom. The number of fused-ring (bicyclic) bond motifs is 1. The second-order valence-electron chi connectivity index (χ2n) is 8.52. The third kappa shape index (κ3) is 4.64. The van der Waals surface area contributed by atoms with Crippen LogP contribution >= 0.6 is 11.6 Å². The number of rotatable bonds is 6. The first-order valence-corrected chi connectivity index (χ1v) is 13.1. The number of pyridine rings is 1. The van der Waals surface area contributed by atoms with Crippen molar-refractivity contribution in [1.82, 2.24) is 23.7 Å². The molecule has 2 aromatic carbocycles. The second-order valence-corrected chi connectivity index (χ2v) is 10.9. The molecule has 2 aromatic heterocycles. The molecule has 0 atom stereocenters. The molecule has 10 heteroatoms. The third-order valence-corrected chi connectivity index (χ3v) is 8.39. The molecule has 35 heavy (non-hydrogen) atoms. The molecule has 0 bridgehead atoms. The van der Waals surface area contributed by atoms with Crippen molar-refractivity contribution in [3.8, 4) is 11.4 Å². The number of hydrogen-bond acceptors (Lipinski definition) is 6. The van der Waals surface area contributed by atoms with Gasteiger partial charge in [-0.25, -0.2) is 18.4 Å². The lowest BCUT2D eigenvalue weighted by Gasteiger charge is -2.34. The zero-order chi connectivity index (χ0) is 24.6. The van der Waals surface area contributed by atoms with Crippen LogP contribution in [0.4, 0.5) is 0 Å². The van der Waals surface area contributed by atoms with Crippen LogP contribution < -0.4 is 4.74 Å². The minimum Gasteiger partial charge on any atom is -0.495 e. The van der Waals surface area contributed by atoms with Gasteiger partial charge in [0.05, 0.1) is 13.7 Å². The number of nitrogens with zero attached hydrogens (tertiary/aromatic N) is 5. The normalized spacial score (nSPS) is 15.5. The summed E-state index contributed by atoms with van der Waals surface area (Å²) in [7, 11) is -2.26. The number of aromatic nitrogens is 3. The van der Waals surface area contributed by atoms with E-state index in [0.29, 0.717) is 37.7 Å². The summed E-state index contributed by atoms with van der Waals surface area (Å²) in [6, 6.07) is 16.7. The summed E-state index contributed by atoms with van der Waals surface area (Å²) in [6.07, 6.45) is 1.77. The van der Waals surface area contributed by atoms with Gasteiger partial charge >= 0.3 is 0 Å². The highest BCUT2D eigenvalue weighted by molar-refractivity contribution is 7.89. The summed E-state index contributed by atoms with van der Waals surface area (Å²) in [6.45, 7) is 4.55. The fourth-order valence-corrected chi connectivity index (χ4v) is 6.07. The van der Waals surface area contributed by atoms with Gasteiger partial charge in [-0.15, -0.1) is 0 Å². The average molecular weight is 512 g/mol. The molecule has 1 aliphatic heterocycles. The fourth-order valence-electron chi connectivity index (χ4n) is 4.35. The number of piperazine rings is 1. The highest BCUT2D eigenvalue weighted by Gasteiger charge is 2.31. The van der Waals surface area contributed by atoms with Crippen molar-refractivity contribution in [2.75, 3.05) is 33.3 Å². The van der Waals surface area contributed by atoms with Crippen LogP contribution in [-0.4, -0.2) is 65.4 Å². The summed E-state index contributed by atoms with van der Waals surface area (Å²) in [5.74, 6) is 1.12. The maximum absolute atomic E-state index is 13.3. The highest BCUT2D eigenvalue weighted by Crippen LogP contribution is 2.30. The largest absolute Gasteiger partial charge is 0.495 e. The van der Waals surface area contributed by atoms with E-state index in [4.69, 9.17) is 21.3 Å². The molecular formula is C25H26ClN5O3S. The molecule has 8 nitrogen and oxygen atoms in total. The van der Waals surface area contributed by atoms with Crippen molar-refractivity contribution >= 4 is 32.8 Å². The van der Waals surface area contributed by atoms with E-state index in [-0.39, 0.29) is 10.6 Å². The van der Waals surface area contributed by atoms with Crippen LogP contribution in [-0.2, 0) is 16.6 Å². The van der Waals surface area contributed by atoms with Crippen molar-refractivity contribution in [3.05, 3.63) is 77.2 Å². The summed E-state index contributed by atoms with van der Waals surface area (Å²) in [5.41, 5.74) is 3.83. The quantitative estimate of drug-likeness (QED) is 0.390. The maximum atomic E-state index is 13.3.